The Morgan fingerprint density at radius 3 is 2.62 bits per heavy atom. The highest BCUT2D eigenvalue weighted by Crippen LogP contribution is 2.21. The van der Waals surface area contributed by atoms with E-state index in [0.29, 0.717) is 16.5 Å². The van der Waals surface area contributed by atoms with Crippen LogP contribution in [0.4, 0.5) is 0 Å². The number of amidine groups is 1. The summed E-state index contributed by atoms with van der Waals surface area (Å²) in [4.78, 5) is 22.5. The Hall–Kier alpha value is -2.73. The van der Waals surface area contributed by atoms with Crippen molar-refractivity contribution < 1.29 is 9.59 Å². The van der Waals surface area contributed by atoms with Crippen molar-refractivity contribution in [3.63, 3.8) is 0 Å². The first-order valence-corrected chi connectivity index (χ1v) is 8.35. The second-order valence-corrected chi connectivity index (χ2v) is 6.21. The number of Topliss-reactive ketones (excluding diaryl/α,β-unsaturated/α-hetero) is 1. The molecule has 2 aromatic rings. The summed E-state index contributed by atoms with van der Waals surface area (Å²) in [6.07, 6.45) is 1.63. The summed E-state index contributed by atoms with van der Waals surface area (Å²) >= 11 is 1.34. The van der Waals surface area contributed by atoms with Crippen molar-refractivity contribution in [2.45, 2.75) is 6.92 Å². The van der Waals surface area contributed by atoms with E-state index < -0.39 is 0 Å². The van der Waals surface area contributed by atoms with E-state index in [-0.39, 0.29) is 11.7 Å². The zero-order chi connectivity index (χ0) is 16.9. The smallest absolute Gasteiger partial charge is 0.236 e. The monoisotopic (exact) mass is 337 g/mol. The van der Waals surface area contributed by atoms with Gasteiger partial charge >= 0.3 is 0 Å². The molecule has 2 aromatic carbocycles. The molecule has 1 amide bonds. The highest BCUT2D eigenvalue weighted by Gasteiger charge is 2.15. The quantitative estimate of drug-likeness (QED) is 0.529. The first-order valence-electron chi connectivity index (χ1n) is 7.37. The van der Waals surface area contributed by atoms with Crippen LogP contribution in [0.5, 0.6) is 0 Å². The summed E-state index contributed by atoms with van der Waals surface area (Å²) in [6, 6.07) is 15.4. The maximum Gasteiger partial charge on any atom is 0.236 e. The molecule has 1 N–H and O–H groups in total. The number of amides is 1. The number of carbonyl (C=O) groups excluding carboxylic acids is 2. The summed E-state index contributed by atoms with van der Waals surface area (Å²) < 4.78 is 0. The zero-order valence-corrected chi connectivity index (χ0v) is 13.8. The van der Waals surface area contributed by atoms with E-state index in [9.17, 15) is 9.59 Å². The lowest BCUT2D eigenvalue weighted by atomic mass is 10.0. The van der Waals surface area contributed by atoms with Gasteiger partial charge in [0.15, 0.2) is 11.0 Å². The maximum atomic E-state index is 11.5. The third-order valence-electron chi connectivity index (χ3n) is 3.45. The van der Waals surface area contributed by atoms with Crippen LogP contribution in [0.25, 0.3) is 11.1 Å². The highest BCUT2D eigenvalue weighted by molar-refractivity contribution is 8.15. The lowest BCUT2D eigenvalue weighted by Crippen LogP contribution is -2.19. The molecule has 0 bridgehead atoms. The van der Waals surface area contributed by atoms with Gasteiger partial charge in [-0.25, -0.2) is 0 Å². The largest absolute Gasteiger partial charge is 0.303 e. The Kier molecular flexibility index (Phi) is 4.86. The first-order chi connectivity index (χ1) is 11.6. The fraction of sp³-hybridized carbons (Fsp3) is 0.111. The lowest BCUT2D eigenvalue weighted by molar-refractivity contribution is -0.116. The molecule has 3 rings (SSSR count). The normalized spacial score (nSPS) is 15.9. The molecule has 6 heteroatoms. The molecule has 120 valence electrons. The molecule has 1 fully saturated rings. The van der Waals surface area contributed by atoms with Gasteiger partial charge in [-0.1, -0.05) is 54.2 Å². The number of rotatable bonds is 4. The van der Waals surface area contributed by atoms with Crippen molar-refractivity contribution in [2.75, 3.05) is 5.75 Å². The van der Waals surface area contributed by atoms with Gasteiger partial charge in [0, 0.05) is 5.56 Å². The summed E-state index contributed by atoms with van der Waals surface area (Å²) in [5, 5.41) is 11.1. The molecule has 1 aliphatic rings. The van der Waals surface area contributed by atoms with Crippen LogP contribution in [0.3, 0.4) is 0 Å². The molecule has 5 nitrogen and oxygen atoms in total. The third kappa shape index (κ3) is 3.97. The number of nitrogens with one attached hydrogen (secondary N) is 1. The number of nitrogens with zero attached hydrogens (tertiary/aromatic N) is 2. The molecule has 0 radical (unpaired) electrons. The average molecular weight is 337 g/mol. The highest BCUT2D eigenvalue weighted by atomic mass is 32.2. The summed E-state index contributed by atoms with van der Waals surface area (Å²) in [5.41, 5.74) is 3.63. The Labute approximate surface area is 143 Å². The van der Waals surface area contributed by atoms with E-state index in [4.69, 9.17) is 0 Å². The number of hydrogen-bond donors (Lipinski definition) is 1. The maximum absolute atomic E-state index is 11.5. The van der Waals surface area contributed by atoms with Crippen molar-refractivity contribution in [3.8, 4) is 11.1 Å². The van der Waals surface area contributed by atoms with Crippen LogP contribution in [0, 0.1) is 0 Å². The molecule has 0 aromatic heterocycles. The molecule has 1 saturated heterocycles. The summed E-state index contributed by atoms with van der Waals surface area (Å²) in [6.45, 7) is 1.56. The number of benzene rings is 2. The molecular formula is C18H15N3O2S. The van der Waals surface area contributed by atoms with Gasteiger partial charge in [-0.15, -0.1) is 5.10 Å². The third-order valence-corrected chi connectivity index (χ3v) is 4.32. The van der Waals surface area contributed by atoms with Gasteiger partial charge in [0.25, 0.3) is 0 Å². The second kappa shape index (κ2) is 7.23. The van der Waals surface area contributed by atoms with Crippen LogP contribution >= 0.6 is 11.8 Å². The molecule has 24 heavy (non-hydrogen) atoms. The molecule has 0 saturated carbocycles. The Balaban J connectivity index is 1.72. The van der Waals surface area contributed by atoms with Crippen molar-refractivity contribution in [1.29, 1.82) is 0 Å². The second-order valence-electron chi connectivity index (χ2n) is 5.25. The fourth-order valence-electron chi connectivity index (χ4n) is 2.21. The average Bonchev–Trinajstić information content (AvgIpc) is 3.01. The van der Waals surface area contributed by atoms with E-state index in [2.05, 4.69) is 15.5 Å². The van der Waals surface area contributed by atoms with E-state index in [0.717, 1.165) is 16.7 Å². The van der Waals surface area contributed by atoms with Gasteiger partial charge in [-0.05, 0) is 29.7 Å². The molecule has 0 aliphatic carbocycles. The van der Waals surface area contributed by atoms with Crippen LogP contribution in [0.2, 0.25) is 0 Å². The molecule has 1 aliphatic heterocycles. The Morgan fingerprint density at radius 2 is 1.96 bits per heavy atom. The van der Waals surface area contributed by atoms with Crippen molar-refractivity contribution in [1.82, 2.24) is 5.32 Å². The predicted octanol–water partition coefficient (Wildman–Crippen LogP) is 3.11. The van der Waals surface area contributed by atoms with E-state index >= 15 is 0 Å². The first kappa shape index (κ1) is 16.1. The van der Waals surface area contributed by atoms with Gasteiger partial charge < -0.3 is 5.32 Å². The van der Waals surface area contributed by atoms with Gasteiger partial charge in [0.05, 0.1) is 12.0 Å². The van der Waals surface area contributed by atoms with E-state index in [1.165, 1.54) is 11.8 Å². The van der Waals surface area contributed by atoms with Gasteiger partial charge in [-0.2, -0.15) is 5.10 Å². The topological polar surface area (TPSA) is 70.9 Å². The minimum Gasteiger partial charge on any atom is -0.303 e. The van der Waals surface area contributed by atoms with Crippen LogP contribution in [0.1, 0.15) is 22.8 Å². The fourth-order valence-corrected chi connectivity index (χ4v) is 2.84. The SMILES string of the molecule is CC(=O)c1cccc(-c2ccc(C=NN=C3NC(=O)CS3)cc2)c1. The Morgan fingerprint density at radius 1 is 1.17 bits per heavy atom. The van der Waals surface area contributed by atoms with Gasteiger partial charge in [0.1, 0.15) is 0 Å². The van der Waals surface area contributed by atoms with E-state index in [1.54, 1.807) is 13.1 Å². The van der Waals surface area contributed by atoms with Crippen LogP contribution in [0.15, 0.2) is 58.7 Å². The predicted molar refractivity (Wildman–Crippen MR) is 97.5 cm³/mol. The lowest BCUT2D eigenvalue weighted by Gasteiger charge is -2.04. The van der Waals surface area contributed by atoms with Gasteiger partial charge in [-0.3, -0.25) is 9.59 Å². The van der Waals surface area contributed by atoms with E-state index in [1.807, 2.05) is 48.5 Å². The van der Waals surface area contributed by atoms with Gasteiger partial charge in [0.2, 0.25) is 5.91 Å². The van der Waals surface area contributed by atoms with Crippen LogP contribution in [-0.4, -0.2) is 28.8 Å². The van der Waals surface area contributed by atoms with Crippen molar-refractivity contribution >= 4 is 34.8 Å². The molecular weight excluding hydrogens is 322 g/mol. The number of thioether (sulfide) groups is 1. The number of ketones is 1. The summed E-state index contributed by atoms with van der Waals surface area (Å²) in [7, 11) is 0. The van der Waals surface area contributed by atoms with Crippen LogP contribution < -0.4 is 5.32 Å². The molecule has 1 heterocycles. The summed E-state index contributed by atoms with van der Waals surface area (Å²) in [5.74, 6) is 0.394. The number of carbonyl (C=O) groups is 2. The van der Waals surface area contributed by atoms with Crippen LogP contribution in [-0.2, 0) is 4.79 Å². The minimum absolute atomic E-state index is 0.0499. The molecule has 0 spiro atoms. The van der Waals surface area contributed by atoms with Crippen molar-refractivity contribution in [2.24, 2.45) is 10.2 Å². The number of hydrogen-bond acceptors (Lipinski definition) is 5. The van der Waals surface area contributed by atoms with Crippen molar-refractivity contribution in [3.05, 3.63) is 59.7 Å². The molecule has 0 unspecified atom stereocenters. The molecule has 0 atom stereocenters. The zero-order valence-electron chi connectivity index (χ0n) is 13.0. The minimum atomic E-state index is -0.0499. The standard InChI is InChI=1S/C18H15N3O2S/c1-12(22)15-3-2-4-16(9-15)14-7-5-13(6-8-14)10-19-21-18-20-17(23)11-24-18/h2-10H,11H2,1H3,(H,20,21,23). The Bertz CT molecular complexity index is 842.